The quantitative estimate of drug-likeness (QED) is 0.701. The standard InChI is InChI=1S/C17H21NO4S/c1-3-5-8-22-14-7-6-12(9-15(14)21-4-2)17-18-13(11-23-17)10-16(19)20/h6-7,9,11H,3-5,8,10H2,1-2H3,(H,19,20). The summed E-state index contributed by atoms with van der Waals surface area (Å²) < 4.78 is 11.4. The van der Waals surface area contributed by atoms with Crippen LogP contribution in [0.3, 0.4) is 0 Å². The molecule has 0 aliphatic rings. The van der Waals surface area contributed by atoms with Gasteiger partial charge < -0.3 is 14.6 Å². The largest absolute Gasteiger partial charge is 0.490 e. The number of aromatic nitrogens is 1. The van der Waals surface area contributed by atoms with Crippen molar-refractivity contribution in [2.24, 2.45) is 0 Å². The first-order valence-electron chi connectivity index (χ1n) is 7.70. The van der Waals surface area contributed by atoms with Gasteiger partial charge in [-0.1, -0.05) is 13.3 Å². The Morgan fingerprint density at radius 3 is 2.78 bits per heavy atom. The zero-order valence-electron chi connectivity index (χ0n) is 13.4. The average molecular weight is 335 g/mol. The number of benzene rings is 1. The summed E-state index contributed by atoms with van der Waals surface area (Å²) in [4.78, 5) is 15.1. The predicted molar refractivity (Wildman–Crippen MR) is 90.5 cm³/mol. The highest BCUT2D eigenvalue weighted by atomic mass is 32.1. The van der Waals surface area contributed by atoms with E-state index in [2.05, 4.69) is 11.9 Å². The number of unbranched alkanes of at least 4 members (excludes halogenated alkanes) is 1. The predicted octanol–water partition coefficient (Wildman–Crippen LogP) is 4.01. The van der Waals surface area contributed by atoms with E-state index in [0.717, 1.165) is 29.2 Å². The third-order valence-electron chi connectivity index (χ3n) is 3.13. The zero-order chi connectivity index (χ0) is 16.7. The second-order valence-corrected chi connectivity index (χ2v) is 5.87. The van der Waals surface area contributed by atoms with Gasteiger partial charge in [-0.25, -0.2) is 4.98 Å². The van der Waals surface area contributed by atoms with Gasteiger partial charge in [-0.3, -0.25) is 4.79 Å². The molecule has 2 rings (SSSR count). The van der Waals surface area contributed by atoms with Crippen molar-refractivity contribution in [2.45, 2.75) is 33.1 Å². The van der Waals surface area contributed by atoms with E-state index in [0.29, 0.717) is 24.7 Å². The summed E-state index contributed by atoms with van der Waals surface area (Å²) in [6, 6.07) is 5.70. The van der Waals surface area contributed by atoms with E-state index in [4.69, 9.17) is 14.6 Å². The van der Waals surface area contributed by atoms with Crippen LogP contribution in [-0.4, -0.2) is 29.3 Å². The molecule has 1 aromatic heterocycles. The number of hydrogen-bond acceptors (Lipinski definition) is 5. The van der Waals surface area contributed by atoms with Gasteiger partial charge in [0.1, 0.15) is 5.01 Å². The van der Waals surface area contributed by atoms with Crippen molar-refractivity contribution >= 4 is 17.3 Å². The minimum absolute atomic E-state index is 0.0625. The molecule has 1 N–H and O–H groups in total. The molecule has 0 bridgehead atoms. The maximum atomic E-state index is 10.8. The molecule has 124 valence electrons. The first kappa shape index (κ1) is 17.3. The van der Waals surface area contributed by atoms with Crippen LogP contribution in [0.2, 0.25) is 0 Å². The van der Waals surface area contributed by atoms with E-state index < -0.39 is 5.97 Å². The third kappa shape index (κ3) is 4.96. The Labute approximate surface area is 139 Å². The number of carboxylic acids is 1. The fourth-order valence-corrected chi connectivity index (χ4v) is 2.85. The summed E-state index contributed by atoms with van der Waals surface area (Å²) in [6.07, 6.45) is 2.01. The highest BCUT2D eigenvalue weighted by molar-refractivity contribution is 7.13. The summed E-state index contributed by atoms with van der Waals surface area (Å²) in [6.45, 7) is 5.26. The van der Waals surface area contributed by atoms with Crippen molar-refractivity contribution in [2.75, 3.05) is 13.2 Å². The Kier molecular flexibility index (Phi) is 6.40. The SMILES string of the molecule is CCCCOc1ccc(-c2nc(CC(=O)O)cs2)cc1OCC. The van der Waals surface area contributed by atoms with Crippen molar-refractivity contribution < 1.29 is 19.4 Å². The van der Waals surface area contributed by atoms with Crippen molar-refractivity contribution in [1.82, 2.24) is 4.98 Å². The minimum Gasteiger partial charge on any atom is -0.490 e. The lowest BCUT2D eigenvalue weighted by Crippen LogP contribution is -2.01. The van der Waals surface area contributed by atoms with Gasteiger partial charge in [0.25, 0.3) is 0 Å². The number of hydrogen-bond donors (Lipinski definition) is 1. The van der Waals surface area contributed by atoms with Crippen LogP contribution in [-0.2, 0) is 11.2 Å². The first-order chi connectivity index (χ1) is 11.1. The first-order valence-corrected chi connectivity index (χ1v) is 8.58. The molecule has 0 amide bonds. The van der Waals surface area contributed by atoms with Crippen LogP contribution in [0.25, 0.3) is 10.6 Å². The van der Waals surface area contributed by atoms with Crippen LogP contribution in [0.15, 0.2) is 23.6 Å². The number of carboxylic acid groups (broad SMARTS) is 1. The molecule has 0 atom stereocenters. The summed E-state index contributed by atoms with van der Waals surface area (Å²) in [5, 5.41) is 11.4. The molecule has 0 saturated carbocycles. The average Bonchev–Trinajstić information content (AvgIpc) is 2.97. The maximum absolute atomic E-state index is 10.8. The molecule has 0 aliphatic carbocycles. The van der Waals surface area contributed by atoms with E-state index in [9.17, 15) is 4.79 Å². The van der Waals surface area contributed by atoms with E-state index in [1.807, 2.05) is 25.1 Å². The van der Waals surface area contributed by atoms with E-state index >= 15 is 0 Å². The van der Waals surface area contributed by atoms with Gasteiger partial charge in [0.05, 0.1) is 25.3 Å². The lowest BCUT2D eigenvalue weighted by atomic mass is 10.2. The second-order valence-electron chi connectivity index (χ2n) is 5.01. The van der Waals surface area contributed by atoms with Crippen molar-refractivity contribution in [3.63, 3.8) is 0 Å². The number of ether oxygens (including phenoxy) is 2. The van der Waals surface area contributed by atoms with Crippen LogP contribution in [0.4, 0.5) is 0 Å². The lowest BCUT2D eigenvalue weighted by molar-refractivity contribution is -0.136. The highest BCUT2D eigenvalue weighted by Crippen LogP contribution is 2.34. The Balaban J connectivity index is 2.20. The molecule has 0 spiro atoms. The number of aliphatic carboxylic acids is 1. The molecule has 1 heterocycles. The van der Waals surface area contributed by atoms with Crippen LogP contribution in [0, 0.1) is 0 Å². The van der Waals surface area contributed by atoms with Gasteiger partial charge in [0, 0.05) is 10.9 Å². The lowest BCUT2D eigenvalue weighted by Gasteiger charge is -2.12. The van der Waals surface area contributed by atoms with E-state index in [1.54, 1.807) is 5.38 Å². The number of nitrogens with zero attached hydrogens (tertiary/aromatic N) is 1. The smallest absolute Gasteiger partial charge is 0.309 e. The zero-order valence-corrected chi connectivity index (χ0v) is 14.2. The minimum atomic E-state index is -0.878. The summed E-state index contributed by atoms with van der Waals surface area (Å²) >= 11 is 1.43. The van der Waals surface area contributed by atoms with E-state index in [-0.39, 0.29) is 6.42 Å². The Morgan fingerprint density at radius 2 is 2.09 bits per heavy atom. The Bertz CT molecular complexity index is 654. The molecule has 23 heavy (non-hydrogen) atoms. The third-order valence-corrected chi connectivity index (χ3v) is 4.07. The van der Waals surface area contributed by atoms with Gasteiger partial charge in [-0.05, 0) is 31.5 Å². The van der Waals surface area contributed by atoms with Gasteiger partial charge in [0.15, 0.2) is 11.5 Å². The van der Waals surface area contributed by atoms with Crippen LogP contribution >= 0.6 is 11.3 Å². The van der Waals surface area contributed by atoms with E-state index in [1.165, 1.54) is 11.3 Å². The van der Waals surface area contributed by atoms with Crippen LogP contribution in [0.5, 0.6) is 11.5 Å². The normalized spacial score (nSPS) is 10.5. The molecule has 0 unspecified atom stereocenters. The van der Waals surface area contributed by atoms with Gasteiger partial charge in [0.2, 0.25) is 0 Å². The summed E-state index contributed by atoms with van der Waals surface area (Å²) in [5.41, 5.74) is 1.47. The molecule has 2 aromatic rings. The monoisotopic (exact) mass is 335 g/mol. The van der Waals surface area contributed by atoms with Crippen molar-refractivity contribution in [3.05, 3.63) is 29.3 Å². The molecule has 0 aliphatic heterocycles. The number of carbonyl (C=O) groups is 1. The summed E-state index contributed by atoms with van der Waals surface area (Å²) in [7, 11) is 0. The number of thiazole rings is 1. The maximum Gasteiger partial charge on any atom is 0.309 e. The second kappa shape index (κ2) is 8.53. The Hall–Kier alpha value is -2.08. The molecule has 1 aromatic carbocycles. The summed E-state index contributed by atoms with van der Waals surface area (Å²) in [5.74, 6) is 0.541. The van der Waals surface area contributed by atoms with Gasteiger partial charge >= 0.3 is 5.97 Å². The number of rotatable bonds is 9. The van der Waals surface area contributed by atoms with Crippen molar-refractivity contribution in [3.8, 4) is 22.1 Å². The fraction of sp³-hybridized carbons (Fsp3) is 0.412. The van der Waals surface area contributed by atoms with Gasteiger partial charge in [-0.2, -0.15) is 0 Å². The molecule has 5 nitrogen and oxygen atoms in total. The molecule has 0 fully saturated rings. The molecule has 0 radical (unpaired) electrons. The topological polar surface area (TPSA) is 68.7 Å². The van der Waals surface area contributed by atoms with Crippen molar-refractivity contribution in [1.29, 1.82) is 0 Å². The molecule has 6 heteroatoms. The van der Waals surface area contributed by atoms with Crippen LogP contribution in [0.1, 0.15) is 32.4 Å². The molecule has 0 saturated heterocycles. The Morgan fingerprint density at radius 1 is 1.26 bits per heavy atom. The molecular formula is C17H21NO4S. The molecular weight excluding hydrogens is 314 g/mol. The fourth-order valence-electron chi connectivity index (χ4n) is 2.03. The van der Waals surface area contributed by atoms with Gasteiger partial charge in [-0.15, -0.1) is 11.3 Å². The highest BCUT2D eigenvalue weighted by Gasteiger charge is 2.12. The van der Waals surface area contributed by atoms with Crippen LogP contribution < -0.4 is 9.47 Å².